The number of benzene rings is 1. The molecule has 1 aromatic carbocycles. The molecule has 0 amide bonds. The van der Waals surface area contributed by atoms with E-state index in [9.17, 15) is 4.79 Å². The molecule has 0 saturated heterocycles. The lowest BCUT2D eigenvalue weighted by molar-refractivity contribution is -0.136. The van der Waals surface area contributed by atoms with Crippen molar-refractivity contribution < 1.29 is 14.6 Å². The number of hydrogen-bond acceptors (Lipinski definition) is 6. The standard InChI is InChI=1S/C18H18N2O3S2.ClH/c1-23-14-5-2-4-13(10-14)16-12-25-18(19-16)20(8-7-17(21)22)11-15-6-3-9-24-15;/h2-6,9-10,12H,7-8,11H2,1H3,(H,21,22);1H. The molecule has 2 heterocycles. The van der Waals surface area contributed by atoms with Gasteiger partial charge in [0.15, 0.2) is 5.13 Å². The first-order chi connectivity index (χ1) is 12.2. The molecule has 8 heteroatoms. The van der Waals surface area contributed by atoms with E-state index >= 15 is 0 Å². The molecular weight excluding hydrogens is 392 g/mol. The summed E-state index contributed by atoms with van der Waals surface area (Å²) in [6, 6.07) is 11.8. The van der Waals surface area contributed by atoms with E-state index in [0.717, 1.165) is 22.1 Å². The van der Waals surface area contributed by atoms with Crippen LogP contribution in [0.4, 0.5) is 5.13 Å². The van der Waals surface area contributed by atoms with Crippen LogP contribution in [0.3, 0.4) is 0 Å². The Morgan fingerprint density at radius 2 is 2.12 bits per heavy atom. The molecule has 1 N–H and O–H groups in total. The van der Waals surface area contributed by atoms with Crippen molar-refractivity contribution >= 4 is 46.2 Å². The van der Waals surface area contributed by atoms with Crippen LogP contribution < -0.4 is 9.64 Å². The molecule has 5 nitrogen and oxygen atoms in total. The van der Waals surface area contributed by atoms with Crippen molar-refractivity contribution in [1.29, 1.82) is 0 Å². The van der Waals surface area contributed by atoms with Gasteiger partial charge >= 0.3 is 5.97 Å². The second-order valence-corrected chi connectivity index (χ2v) is 7.26. The summed E-state index contributed by atoms with van der Waals surface area (Å²) in [5.41, 5.74) is 1.85. The molecule has 0 aliphatic carbocycles. The fraction of sp³-hybridized carbons (Fsp3) is 0.222. The van der Waals surface area contributed by atoms with Gasteiger partial charge in [-0.2, -0.15) is 0 Å². The van der Waals surface area contributed by atoms with Crippen molar-refractivity contribution in [2.45, 2.75) is 13.0 Å². The minimum atomic E-state index is -0.805. The number of aromatic nitrogens is 1. The van der Waals surface area contributed by atoms with Gasteiger partial charge in [0.05, 0.1) is 25.8 Å². The molecule has 0 fully saturated rings. The lowest BCUT2D eigenvalue weighted by atomic mass is 10.2. The van der Waals surface area contributed by atoms with Gasteiger partial charge in [-0.15, -0.1) is 35.1 Å². The van der Waals surface area contributed by atoms with Crippen LogP contribution in [0.15, 0.2) is 47.2 Å². The summed E-state index contributed by atoms with van der Waals surface area (Å²) < 4.78 is 5.27. The minimum Gasteiger partial charge on any atom is -0.497 e. The number of carboxylic acid groups (broad SMARTS) is 1. The third kappa shape index (κ3) is 5.20. The molecular formula is C18H19ClN2O3S2. The van der Waals surface area contributed by atoms with Gasteiger partial charge in [0.25, 0.3) is 0 Å². The summed E-state index contributed by atoms with van der Waals surface area (Å²) in [6.07, 6.45) is 0.0828. The zero-order chi connectivity index (χ0) is 17.6. The van der Waals surface area contributed by atoms with Gasteiger partial charge in [0.2, 0.25) is 0 Å². The van der Waals surface area contributed by atoms with Gasteiger partial charge in [-0.3, -0.25) is 4.79 Å². The zero-order valence-electron chi connectivity index (χ0n) is 14.1. The van der Waals surface area contributed by atoms with E-state index in [2.05, 4.69) is 6.07 Å². The Bertz CT molecular complexity index is 837. The average molecular weight is 411 g/mol. The predicted octanol–water partition coefficient (Wildman–Crippen LogP) is 4.78. The molecule has 0 radical (unpaired) electrons. The van der Waals surface area contributed by atoms with Crippen molar-refractivity contribution in [3.8, 4) is 17.0 Å². The minimum absolute atomic E-state index is 0. The fourth-order valence-electron chi connectivity index (χ4n) is 2.39. The van der Waals surface area contributed by atoms with Gasteiger partial charge in [-0.25, -0.2) is 4.98 Å². The molecule has 0 saturated carbocycles. The van der Waals surface area contributed by atoms with Crippen molar-refractivity contribution in [3.63, 3.8) is 0 Å². The van der Waals surface area contributed by atoms with Crippen molar-refractivity contribution in [1.82, 2.24) is 4.98 Å². The van der Waals surface area contributed by atoms with Gasteiger partial charge in [-0.1, -0.05) is 18.2 Å². The Balaban J connectivity index is 0.00000243. The van der Waals surface area contributed by atoms with Crippen LogP contribution in [0.5, 0.6) is 5.75 Å². The van der Waals surface area contributed by atoms with Crippen molar-refractivity contribution in [3.05, 3.63) is 52.0 Å². The Morgan fingerprint density at radius 3 is 2.81 bits per heavy atom. The van der Waals surface area contributed by atoms with Crippen LogP contribution in [0.2, 0.25) is 0 Å². The molecule has 0 aliphatic rings. The third-order valence-electron chi connectivity index (χ3n) is 3.65. The first kappa shape index (κ1) is 20.2. The molecule has 26 heavy (non-hydrogen) atoms. The van der Waals surface area contributed by atoms with Crippen LogP contribution in [0.25, 0.3) is 11.3 Å². The number of halogens is 1. The Morgan fingerprint density at radius 1 is 1.27 bits per heavy atom. The van der Waals surface area contributed by atoms with Crippen LogP contribution in [0.1, 0.15) is 11.3 Å². The van der Waals surface area contributed by atoms with E-state index in [1.165, 1.54) is 16.2 Å². The molecule has 2 aromatic heterocycles. The highest BCUT2D eigenvalue weighted by molar-refractivity contribution is 7.14. The molecule has 3 rings (SSSR count). The largest absolute Gasteiger partial charge is 0.497 e. The highest BCUT2D eigenvalue weighted by Gasteiger charge is 2.15. The van der Waals surface area contributed by atoms with Gasteiger partial charge < -0.3 is 14.7 Å². The maximum atomic E-state index is 11.0. The molecule has 3 aromatic rings. The lowest BCUT2D eigenvalue weighted by Gasteiger charge is -2.20. The zero-order valence-corrected chi connectivity index (χ0v) is 16.6. The topological polar surface area (TPSA) is 62.7 Å². The number of methoxy groups -OCH3 is 1. The summed E-state index contributed by atoms with van der Waals surface area (Å²) in [5.74, 6) is -0.0193. The predicted molar refractivity (Wildman–Crippen MR) is 109 cm³/mol. The van der Waals surface area contributed by atoms with E-state index < -0.39 is 5.97 Å². The molecule has 0 aliphatic heterocycles. The number of thiazole rings is 1. The van der Waals surface area contributed by atoms with E-state index in [4.69, 9.17) is 14.8 Å². The number of carbonyl (C=O) groups is 1. The normalized spacial score (nSPS) is 10.2. The number of anilines is 1. The number of carboxylic acids is 1. The number of ether oxygens (including phenoxy) is 1. The third-order valence-corrected chi connectivity index (χ3v) is 5.41. The average Bonchev–Trinajstić information content (AvgIpc) is 3.30. The number of aliphatic carboxylic acids is 1. The highest BCUT2D eigenvalue weighted by atomic mass is 35.5. The molecule has 0 atom stereocenters. The summed E-state index contributed by atoms with van der Waals surface area (Å²) in [4.78, 5) is 18.9. The molecule has 0 unspecified atom stereocenters. The number of hydrogen-bond donors (Lipinski definition) is 1. The summed E-state index contributed by atoms with van der Waals surface area (Å²) in [7, 11) is 1.64. The quantitative estimate of drug-likeness (QED) is 0.578. The molecule has 0 spiro atoms. The first-order valence-corrected chi connectivity index (χ1v) is 9.50. The Labute approximate surface area is 166 Å². The second kappa shape index (κ2) is 9.56. The van der Waals surface area contributed by atoms with E-state index in [1.807, 2.05) is 46.0 Å². The van der Waals surface area contributed by atoms with Gasteiger partial charge in [-0.05, 0) is 23.6 Å². The molecule has 0 bridgehead atoms. The summed E-state index contributed by atoms with van der Waals surface area (Å²) in [5, 5.41) is 13.9. The first-order valence-electron chi connectivity index (χ1n) is 7.75. The smallest absolute Gasteiger partial charge is 0.305 e. The number of nitrogens with zero attached hydrogens (tertiary/aromatic N) is 2. The van der Waals surface area contributed by atoms with Crippen LogP contribution in [0, 0.1) is 0 Å². The Kier molecular flexibility index (Phi) is 7.44. The van der Waals surface area contributed by atoms with Crippen LogP contribution in [-0.2, 0) is 11.3 Å². The SMILES string of the molecule is COc1cccc(-c2csc(N(CCC(=O)O)Cc3cccs3)n2)c1.Cl. The summed E-state index contributed by atoms with van der Waals surface area (Å²) >= 11 is 3.18. The van der Waals surface area contributed by atoms with Crippen LogP contribution in [-0.4, -0.2) is 29.7 Å². The van der Waals surface area contributed by atoms with Crippen molar-refractivity contribution in [2.24, 2.45) is 0 Å². The summed E-state index contributed by atoms with van der Waals surface area (Å²) in [6.45, 7) is 1.09. The molecule has 138 valence electrons. The maximum absolute atomic E-state index is 11.0. The Hall–Kier alpha value is -2.09. The lowest BCUT2D eigenvalue weighted by Crippen LogP contribution is -2.25. The van der Waals surface area contributed by atoms with Gasteiger partial charge in [0, 0.05) is 22.4 Å². The number of rotatable bonds is 8. The second-order valence-electron chi connectivity index (χ2n) is 5.39. The highest BCUT2D eigenvalue weighted by Crippen LogP contribution is 2.30. The fourth-order valence-corrected chi connectivity index (χ4v) is 3.97. The van der Waals surface area contributed by atoms with E-state index in [0.29, 0.717) is 13.1 Å². The van der Waals surface area contributed by atoms with E-state index in [1.54, 1.807) is 18.4 Å². The monoisotopic (exact) mass is 410 g/mol. The van der Waals surface area contributed by atoms with Crippen LogP contribution >= 0.6 is 35.1 Å². The maximum Gasteiger partial charge on any atom is 0.305 e. The number of thiophene rings is 1. The van der Waals surface area contributed by atoms with E-state index in [-0.39, 0.29) is 18.8 Å². The van der Waals surface area contributed by atoms with Crippen molar-refractivity contribution in [2.75, 3.05) is 18.6 Å². The van der Waals surface area contributed by atoms with Gasteiger partial charge in [0.1, 0.15) is 5.75 Å².